The number of benzene rings is 4. The zero-order valence-corrected chi connectivity index (χ0v) is 51.5. The maximum Gasteiger partial charge on any atom is 0.312 e. The van der Waals surface area contributed by atoms with Gasteiger partial charge in [0.05, 0.1) is 102 Å². The minimum absolute atomic E-state index is 0.0129. The van der Waals surface area contributed by atoms with Gasteiger partial charge in [0.15, 0.2) is 4.90 Å². The number of primary amides is 1. The van der Waals surface area contributed by atoms with Crippen LogP contribution in [0.1, 0.15) is 61.1 Å². The Balaban J connectivity index is 0.975. The molecule has 22 nitrogen and oxygen atoms in total. The summed E-state index contributed by atoms with van der Waals surface area (Å²) >= 11 is 13.0. The molecule has 1 aliphatic rings. The highest BCUT2D eigenvalue weighted by Crippen LogP contribution is 2.39. The fourth-order valence-electron chi connectivity index (χ4n) is 8.84. The van der Waals surface area contributed by atoms with Gasteiger partial charge >= 0.3 is 6.03 Å². The molecule has 0 saturated carbocycles. The topological polar surface area (TPSA) is 294 Å². The van der Waals surface area contributed by atoms with Crippen molar-refractivity contribution in [2.45, 2.75) is 71.2 Å². The number of nitrogens with zero attached hydrogens (tertiary/aromatic N) is 1. The third kappa shape index (κ3) is 27.8. The van der Waals surface area contributed by atoms with Crippen molar-refractivity contribution in [1.29, 1.82) is 0 Å². The predicted octanol–water partition coefficient (Wildman–Crippen LogP) is 4.65. The van der Waals surface area contributed by atoms with E-state index in [4.69, 9.17) is 57.4 Å². The van der Waals surface area contributed by atoms with Crippen LogP contribution >= 0.6 is 35.1 Å². The van der Waals surface area contributed by atoms with Crippen molar-refractivity contribution in [2.75, 3.05) is 132 Å². The van der Waals surface area contributed by atoms with Gasteiger partial charge in [-0.2, -0.15) is 0 Å². The van der Waals surface area contributed by atoms with Crippen LogP contribution in [0, 0.1) is 0 Å². The van der Waals surface area contributed by atoms with E-state index >= 15 is 0 Å². The molecule has 0 aliphatic carbocycles. The lowest BCUT2D eigenvalue weighted by Gasteiger charge is -2.34. The largest absolute Gasteiger partial charge is 0.593 e. The Kier molecular flexibility index (Phi) is 33.3. The summed E-state index contributed by atoms with van der Waals surface area (Å²) in [5, 5.41) is 12.4. The van der Waals surface area contributed by atoms with Crippen LogP contribution in [0.4, 0.5) is 4.79 Å². The van der Waals surface area contributed by atoms with Gasteiger partial charge in [0.25, 0.3) is 0 Å². The van der Waals surface area contributed by atoms with Gasteiger partial charge in [-0.15, -0.1) is 4.72 Å². The van der Waals surface area contributed by atoms with E-state index in [1.54, 1.807) is 24.3 Å². The number of hydrogen-bond donors (Lipinski definition) is 8. The van der Waals surface area contributed by atoms with Gasteiger partial charge in [-0.05, 0) is 103 Å². The van der Waals surface area contributed by atoms with E-state index in [1.807, 2.05) is 67.7 Å². The Bertz CT molecular complexity index is 2700. The summed E-state index contributed by atoms with van der Waals surface area (Å²) in [5.74, 6) is -1.00. The molecule has 0 saturated heterocycles. The molecule has 3 atom stereocenters. The van der Waals surface area contributed by atoms with E-state index in [0.717, 1.165) is 34.7 Å². The van der Waals surface area contributed by atoms with E-state index in [0.29, 0.717) is 47.9 Å². The zero-order chi connectivity index (χ0) is 60.3. The number of rotatable bonds is 44. The average molecular weight is 1270 g/mol. The first-order valence-corrected chi connectivity index (χ1v) is 32.1. The van der Waals surface area contributed by atoms with Crippen LogP contribution in [-0.2, 0) is 70.7 Å². The molecule has 4 aromatic carbocycles. The minimum Gasteiger partial charge on any atom is -0.593 e. The first-order valence-electron chi connectivity index (χ1n) is 27.9. The van der Waals surface area contributed by atoms with Crippen LogP contribution in [0.5, 0.6) is 0 Å². The summed E-state index contributed by atoms with van der Waals surface area (Å²) in [5.41, 5.74) is 7.59. The summed E-state index contributed by atoms with van der Waals surface area (Å²) in [7, 11) is -1.59. The van der Waals surface area contributed by atoms with Gasteiger partial charge in [-0.25, -0.2) is 17.9 Å². The number of sulfonamides is 1. The monoisotopic (exact) mass is 1270 g/mol. The van der Waals surface area contributed by atoms with Gasteiger partial charge in [0, 0.05) is 91.5 Å². The van der Waals surface area contributed by atoms with Crippen LogP contribution < -0.4 is 41.2 Å². The van der Waals surface area contributed by atoms with Crippen molar-refractivity contribution in [3.05, 3.63) is 124 Å². The molecule has 0 radical (unpaired) electrons. The van der Waals surface area contributed by atoms with Crippen molar-refractivity contribution in [3.63, 3.8) is 0 Å². The van der Waals surface area contributed by atoms with Crippen molar-refractivity contribution >= 4 is 80.3 Å². The van der Waals surface area contributed by atoms with Crippen molar-refractivity contribution in [2.24, 2.45) is 5.73 Å². The summed E-state index contributed by atoms with van der Waals surface area (Å²) in [6.07, 6.45) is 0.0333. The average Bonchev–Trinajstić information content (AvgIpc) is 3.68. The molecule has 27 heteroatoms. The van der Waals surface area contributed by atoms with E-state index in [1.165, 1.54) is 24.1 Å². The lowest BCUT2D eigenvalue weighted by atomic mass is 9.83. The lowest BCUT2D eigenvalue weighted by molar-refractivity contribution is -0.121. The second-order valence-corrected chi connectivity index (χ2v) is 24.3. The number of likely N-dealkylation sites (N-methyl/N-ethyl adjacent to an activating group) is 1. The smallest absolute Gasteiger partial charge is 0.312 e. The summed E-state index contributed by atoms with van der Waals surface area (Å²) in [4.78, 5) is 55.9. The van der Waals surface area contributed by atoms with Crippen molar-refractivity contribution in [1.82, 2.24) is 40.3 Å². The molecule has 5 rings (SSSR count). The number of amides is 5. The second kappa shape index (κ2) is 39.9. The normalized spacial score (nSPS) is 14.5. The van der Waals surface area contributed by atoms with Gasteiger partial charge in [0.1, 0.15) is 0 Å². The Morgan fingerprint density at radius 2 is 1.15 bits per heavy atom. The van der Waals surface area contributed by atoms with Crippen molar-refractivity contribution < 1.29 is 60.6 Å². The van der Waals surface area contributed by atoms with Crippen LogP contribution in [0.3, 0.4) is 0 Å². The van der Waals surface area contributed by atoms with Crippen LogP contribution in [-0.4, -0.2) is 179 Å². The van der Waals surface area contributed by atoms with E-state index in [-0.39, 0.29) is 153 Å². The Hall–Kier alpha value is -4.65. The summed E-state index contributed by atoms with van der Waals surface area (Å²) in [6, 6.07) is 28.5. The third-order valence-corrected chi connectivity index (χ3v) is 17.1. The maximum atomic E-state index is 13.2. The highest BCUT2D eigenvalue weighted by Gasteiger charge is 2.33. The van der Waals surface area contributed by atoms with Gasteiger partial charge in [-0.3, -0.25) is 19.1 Å². The summed E-state index contributed by atoms with van der Waals surface area (Å²) in [6.45, 7) is 6.30. The molecule has 464 valence electrons. The molecule has 1 heterocycles. The minimum atomic E-state index is -3.64. The van der Waals surface area contributed by atoms with E-state index < -0.39 is 33.0 Å². The first-order chi connectivity index (χ1) is 40.6. The quantitative estimate of drug-likeness (QED) is 0.0170. The Labute approximate surface area is 511 Å². The molecular formula is C57H81Cl2N9O13S3. The first kappa shape index (κ1) is 70.1. The van der Waals surface area contributed by atoms with Crippen LogP contribution in [0.25, 0.3) is 0 Å². The third-order valence-electron chi connectivity index (χ3n) is 13.0. The van der Waals surface area contributed by atoms with Crippen LogP contribution in [0.2, 0.25) is 10.0 Å². The second-order valence-electron chi connectivity index (χ2n) is 19.5. The predicted molar refractivity (Wildman–Crippen MR) is 325 cm³/mol. The SMILES string of the molecule is CN1Cc2c(Cl)cc(Cl)cc2[C@H](c2cccc([S+]([O-])NCCOCCOCCNC(=O)CCC(CCC(=O)NCCOCCOCCNSc3ccccc3)(CCC(=O)NCCOCCOCCNS(=O)(=O)c3ccccc3)NC(N)=O)c2)C1. The highest BCUT2D eigenvalue weighted by atomic mass is 35.5. The van der Waals surface area contributed by atoms with E-state index in [2.05, 4.69) is 40.3 Å². The molecule has 5 amide bonds. The van der Waals surface area contributed by atoms with E-state index in [9.17, 15) is 32.1 Å². The molecule has 84 heavy (non-hydrogen) atoms. The molecule has 1 aliphatic heterocycles. The molecule has 0 fully saturated rings. The number of nitrogens with one attached hydrogen (secondary N) is 7. The van der Waals surface area contributed by atoms with Gasteiger partial charge < -0.3 is 64.9 Å². The number of ether oxygens (including phenoxy) is 6. The molecule has 0 aromatic heterocycles. The highest BCUT2D eigenvalue weighted by molar-refractivity contribution is 7.97. The fraction of sp³-hybridized carbons (Fsp3) is 0.509. The number of halogens is 2. The molecular weight excluding hydrogens is 1190 g/mol. The standard InChI is InChI=1S/C57H81Cl2N9O13S3/c1-68-42-50(49-40-45(58)41-52(59)51(49)43-68)44-9-8-12-47(39-44)83(73)65-25-31-80-37-34-77-28-22-62-54(70)16-19-57(67-56(60)72,18-15-53(69)61-21-27-76-33-36-79-30-24-64-82-46-10-4-2-5-11-46)20-17-55(71)63-23-29-78-35-38-81-32-26-66-84(74,75)48-13-6-3-7-14-48/h2-14,39-41,50,64-66H,15-38,42-43H2,1H3,(H,61,69)(H,62,70)(H,63,71)(H3,60,67,72)/t50-,57?,83?/m0/s1. The number of fused-ring (bicyclic) bond motifs is 1. The number of carbonyl (C=O) groups excluding carboxylic acids is 4. The molecule has 0 bridgehead atoms. The molecule has 2 unspecified atom stereocenters. The molecule has 0 spiro atoms. The summed E-state index contributed by atoms with van der Waals surface area (Å²) < 4.78 is 80.2. The van der Waals surface area contributed by atoms with Crippen molar-refractivity contribution in [3.8, 4) is 0 Å². The zero-order valence-electron chi connectivity index (χ0n) is 47.5. The van der Waals surface area contributed by atoms with Crippen LogP contribution in [0.15, 0.2) is 112 Å². The molecule has 4 aromatic rings. The number of nitrogens with two attached hydrogens (primary N) is 1. The molecule has 9 N–H and O–H groups in total. The number of hydrogen-bond acceptors (Lipinski definition) is 17. The maximum absolute atomic E-state index is 13.2. The Morgan fingerprint density at radius 1 is 0.655 bits per heavy atom. The Morgan fingerprint density at radius 3 is 1.69 bits per heavy atom. The fourth-order valence-corrected chi connectivity index (χ4v) is 12.0. The number of urea groups is 1. The van der Waals surface area contributed by atoms with Gasteiger partial charge in [0.2, 0.25) is 27.7 Å². The number of carbonyl (C=O) groups is 4. The van der Waals surface area contributed by atoms with Gasteiger partial charge in [-0.1, -0.05) is 71.7 Å². The lowest BCUT2D eigenvalue weighted by Crippen LogP contribution is -2.52.